The highest BCUT2D eigenvalue weighted by Gasteiger charge is 2.23. The van der Waals surface area contributed by atoms with E-state index in [0.29, 0.717) is 4.47 Å². The molecule has 96 valence electrons. The van der Waals surface area contributed by atoms with Crippen LogP contribution < -0.4 is 4.72 Å². The number of rotatable bonds is 3. The molecule has 0 atom stereocenters. The van der Waals surface area contributed by atoms with Gasteiger partial charge in [-0.05, 0) is 12.1 Å². The van der Waals surface area contributed by atoms with Gasteiger partial charge >= 0.3 is 0 Å². The van der Waals surface area contributed by atoms with Crippen molar-refractivity contribution in [1.82, 2.24) is 15.2 Å². The van der Waals surface area contributed by atoms with Gasteiger partial charge in [0.2, 0.25) is 5.95 Å². The van der Waals surface area contributed by atoms with Gasteiger partial charge in [-0.2, -0.15) is 10.1 Å². The van der Waals surface area contributed by atoms with Gasteiger partial charge in [0.05, 0.1) is 10.0 Å². The highest BCUT2D eigenvalue weighted by molar-refractivity contribution is 9.10. The van der Waals surface area contributed by atoms with Crippen LogP contribution in [0.4, 0.5) is 5.95 Å². The van der Waals surface area contributed by atoms with Crippen LogP contribution in [0.5, 0.6) is 0 Å². The predicted octanol–water partition coefficient (Wildman–Crippen LogP) is 2.67. The molecule has 0 spiro atoms. The summed E-state index contributed by atoms with van der Waals surface area (Å²) in [6.45, 7) is 0. The molecule has 0 saturated heterocycles. The van der Waals surface area contributed by atoms with Gasteiger partial charge in [-0.3, -0.25) is 0 Å². The van der Waals surface area contributed by atoms with Crippen LogP contribution >= 0.6 is 39.1 Å². The third-order valence-corrected chi connectivity index (χ3v) is 4.60. The lowest BCUT2D eigenvalue weighted by Gasteiger charge is -2.09. The number of hydrogen-bond acceptors (Lipinski definition) is 4. The Kier molecular flexibility index (Phi) is 3.81. The van der Waals surface area contributed by atoms with Gasteiger partial charge in [0.15, 0.2) is 0 Å². The first-order valence-electron chi connectivity index (χ1n) is 4.43. The van der Waals surface area contributed by atoms with Gasteiger partial charge in [0, 0.05) is 4.47 Å². The Morgan fingerprint density at radius 2 is 1.89 bits per heavy atom. The Bertz CT molecular complexity index is 651. The number of aromatic amines is 1. The minimum absolute atomic E-state index is 0.00129. The third kappa shape index (κ3) is 2.77. The second-order valence-corrected chi connectivity index (χ2v) is 6.49. The molecule has 18 heavy (non-hydrogen) atoms. The number of nitrogens with zero attached hydrogens (tertiary/aromatic N) is 2. The van der Waals surface area contributed by atoms with Gasteiger partial charge in [-0.25, -0.2) is 18.2 Å². The number of aromatic nitrogens is 3. The lowest BCUT2D eigenvalue weighted by molar-refractivity contribution is 0.601. The number of H-pyrrole nitrogens is 1. The third-order valence-electron chi connectivity index (χ3n) is 1.88. The second-order valence-electron chi connectivity index (χ2n) is 3.14. The van der Waals surface area contributed by atoms with Crippen molar-refractivity contribution in [2.45, 2.75) is 4.90 Å². The Hall–Kier alpha value is -0.830. The van der Waals surface area contributed by atoms with E-state index in [2.05, 4.69) is 35.8 Å². The van der Waals surface area contributed by atoms with Crippen LogP contribution in [0.1, 0.15) is 0 Å². The quantitative estimate of drug-likeness (QED) is 0.868. The van der Waals surface area contributed by atoms with Gasteiger partial charge in [-0.15, -0.1) is 0 Å². The van der Waals surface area contributed by atoms with Crippen molar-refractivity contribution in [1.29, 1.82) is 0 Å². The van der Waals surface area contributed by atoms with E-state index in [-0.39, 0.29) is 20.9 Å². The van der Waals surface area contributed by atoms with E-state index in [1.807, 2.05) is 0 Å². The molecule has 1 heterocycles. The molecule has 2 N–H and O–H groups in total. The van der Waals surface area contributed by atoms with Gasteiger partial charge < -0.3 is 0 Å². The molecular weight excluding hydrogens is 367 g/mol. The zero-order valence-corrected chi connectivity index (χ0v) is 12.4. The van der Waals surface area contributed by atoms with Gasteiger partial charge in [0.25, 0.3) is 10.0 Å². The van der Waals surface area contributed by atoms with Crippen LogP contribution in [0.25, 0.3) is 0 Å². The normalized spacial score (nSPS) is 11.5. The first-order chi connectivity index (χ1) is 8.40. The molecule has 0 radical (unpaired) electrons. The Morgan fingerprint density at radius 3 is 2.39 bits per heavy atom. The maximum Gasteiger partial charge on any atom is 0.267 e. The molecule has 0 fully saturated rings. The Labute approximate surface area is 121 Å². The molecule has 10 heteroatoms. The van der Waals surface area contributed by atoms with Crippen LogP contribution in [0.2, 0.25) is 10.0 Å². The molecule has 0 aliphatic heterocycles. The molecule has 6 nitrogen and oxygen atoms in total. The largest absolute Gasteiger partial charge is 0.267 e. The monoisotopic (exact) mass is 370 g/mol. The fourth-order valence-electron chi connectivity index (χ4n) is 1.22. The first-order valence-corrected chi connectivity index (χ1v) is 7.46. The lowest BCUT2D eigenvalue weighted by atomic mass is 10.4. The van der Waals surface area contributed by atoms with Crippen LogP contribution in [-0.2, 0) is 10.0 Å². The zero-order chi connectivity index (χ0) is 13.3. The van der Waals surface area contributed by atoms with E-state index < -0.39 is 10.0 Å². The van der Waals surface area contributed by atoms with Crippen molar-refractivity contribution in [2.24, 2.45) is 0 Å². The standard InChI is InChI=1S/C8H5BrCl2N4O2S/c9-4-1-5(10)7(6(11)2-4)18(16,17)15-8-12-3-13-14-8/h1-3H,(H2,12,13,14,15). The second kappa shape index (κ2) is 5.04. The van der Waals surface area contributed by atoms with Crippen molar-refractivity contribution in [3.8, 4) is 0 Å². The molecule has 0 aliphatic carbocycles. The lowest BCUT2D eigenvalue weighted by Crippen LogP contribution is -2.15. The molecule has 2 aromatic rings. The summed E-state index contributed by atoms with van der Waals surface area (Å²) in [4.78, 5) is 3.43. The summed E-state index contributed by atoms with van der Waals surface area (Å²) in [5.41, 5.74) is 0. The summed E-state index contributed by atoms with van der Waals surface area (Å²) >= 11 is 14.9. The zero-order valence-electron chi connectivity index (χ0n) is 8.49. The van der Waals surface area contributed by atoms with Crippen LogP contribution in [0.15, 0.2) is 27.8 Å². The predicted molar refractivity (Wildman–Crippen MR) is 71.4 cm³/mol. The van der Waals surface area contributed by atoms with E-state index in [1.54, 1.807) is 0 Å². The van der Waals surface area contributed by atoms with E-state index in [0.717, 1.165) is 0 Å². The number of benzene rings is 1. The first kappa shape index (κ1) is 13.6. The van der Waals surface area contributed by atoms with E-state index >= 15 is 0 Å². The van der Waals surface area contributed by atoms with Crippen LogP contribution in [-0.4, -0.2) is 23.6 Å². The molecule has 1 aromatic carbocycles. The van der Waals surface area contributed by atoms with Crippen molar-refractivity contribution < 1.29 is 8.42 Å². The smallest absolute Gasteiger partial charge is 0.247 e. The average Bonchev–Trinajstić information content (AvgIpc) is 2.66. The maximum absolute atomic E-state index is 12.1. The van der Waals surface area contributed by atoms with Crippen molar-refractivity contribution in [3.63, 3.8) is 0 Å². The summed E-state index contributed by atoms with van der Waals surface area (Å²) in [6, 6.07) is 2.87. The summed E-state index contributed by atoms with van der Waals surface area (Å²) < 4.78 is 26.9. The summed E-state index contributed by atoms with van der Waals surface area (Å²) in [5, 5.41) is 5.89. The Balaban J connectivity index is 2.48. The fourth-order valence-corrected chi connectivity index (χ4v) is 4.12. The molecule has 1 aromatic heterocycles. The molecule has 0 saturated carbocycles. The van der Waals surface area contributed by atoms with Crippen LogP contribution in [0.3, 0.4) is 0 Å². The molecular formula is C8H5BrCl2N4O2S. The van der Waals surface area contributed by atoms with E-state index in [9.17, 15) is 8.42 Å². The maximum atomic E-state index is 12.1. The SMILES string of the molecule is O=S(=O)(Nc1ncn[nH]1)c1c(Cl)cc(Br)cc1Cl. The van der Waals surface area contributed by atoms with Gasteiger partial charge in [-0.1, -0.05) is 39.1 Å². The minimum atomic E-state index is -3.93. The van der Waals surface area contributed by atoms with E-state index in [4.69, 9.17) is 23.2 Å². The molecule has 0 amide bonds. The van der Waals surface area contributed by atoms with Gasteiger partial charge in [0.1, 0.15) is 11.2 Å². The number of nitrogens with one attached hydrogen (secondary N) is 2. The highest BCUT2D eigenvalue weighted by atomic mass is 79.9. The Morgan fingerprint density at radius 1 is 1.28 bits per heavy atom. The summed E-state index contributed by atoms with van der Waals surface area (Å²) in [5.74, 6) is -0.0231. The summed E-state index contributed by atoms with van der Waals surface area (Å²) in [7, 11) is -3.93. The summed E-state index contributed by atoms with van der Waals surface area (Å²) in [6.07, 6.45) is 1.17. The number of hydrogen-bond donors (Lipinski definition) is 2. The number of sulfonamides is 1. The number of anilines is 1. The fraction of sp³-hybridized carbons (Fsp3) is 0. The highest BCUT2D eigenvalue weighted by Crippen LogP contribution is 2.33. The molecule has 2 rings (SSSR count). The molecule has 0 bridgehead atoms. The van der Waals surface area contributed by atoms with Crippen molar-refractivity contribution >= 4 is 55.1 Å². The van der Waals surface area contributed by atoms with Crippen molar-refractivity contribution in [2.75, 3.05) is 4.72 Å². The topological polar surface area (TPSA) is 87.7 Å². The average molecular weight is 372 g/mol. The van der Waals surface area contributed by atoms with E-state index in [1.165, 1.54) is 18.5 Å². The molecule has 0 unspecified atom stereocenters. The number of halogens is 3. The molecule has 0 aliphatic rings. The minimum Gasteiger partial charge on any atom is -0.247 e. The van der Waals surface area contributed by atoms with Crippen LogP contribution in [0, 0.1) is 0 Å². The van der Waals surface area contributed by atoms with Crippen molar-refractivity contribution in [3.05, 3.63) is 33.0 Å².